The normalized spacial score (nSPS) is 15.7. The van der Waals surface area contributed by atoms with Gasteiger partial charge in [0.2, 0.25) is 0 Å². The molecule has 0 aliphatic carbocycles. The first kappa shape index (κ1) is 22.1. The molecule has 4 nitrogen and oxygen atoms in total. The fourth-order valence-corrected chi connectivity index (χ4v) is 4.59. The smallest absolute Gasteiger partial charge is 0.417 e. The lowest BCUT2D eigenvalue weighted by molar-refractivity contribution is -0.266. The number of nitrogens with zero attached hydrogens (tertiary/aromatic N) is 2. The second-order valence-corrected chi connectivity index (χ2v) is 8.98. The van der Waals surface area contributed by atoms with E-state index in [4.69, 9.17) is 4.74 Å². The van der Waals surface area contributed by atoms with Crippen LogP contribution < -0.4 is 4.74 Å². The van der Waals surface area contributed by atoms with Gasteiger partial charge in [-0.05, 0) is 47.2 Å². The second-order valence-electron chi connectivity index (χ2n) is 8.98. The van der Waals surface area contributed by atoms with Crippen molar-refractivity contribution in [1.29, 1.82) is 5.26 Å². The van der Waals surface area contributed by atoms with Gasteiger partial charge in [0.15, 0.2) is 5.60 Å². The van der Waals surface area contributed by atoms with Crippen LogP contribution in [0.25, 0.3) is 10.9 Å². The molecule has 2 aromatic carbocycles. The van der Waals surface area contributed by atoms with Crippen LogP contribution >= 0.6 is 0 Å². The summed E-state index contributed by atoms with van der Waals surface area (Å²) >= 11 is 0. The number of hydrogen-bond acceptors (Lipinski definition) is 4. The Morgan fingerprint density at radius 2 is 1.91 bits per heavy atom. The molecule has 0 saturated heterocycles. The van der Waals surface area contributed by atoms with E-state index in [0.717, 1.165) is 5.56 Å². The highest BCUT2D eigenvalue weighted by Crippen LogP contribution is 2.47. The zero-order valence-corrected chi connectivity index (χ0v) is 17.8. The third-order valence-corrected chi connectivity index (χ3v) is 6.13. The van der Waals surface area contributed by atoms with Gasteiger partial charge in [-0.2, -0.15) is 18.4 Å². The summed E-state index contributed by atoms with van der Waals surface area (Å²) in [7, 11) is 0. The number of fused-ring (bicyclic) bond motifs is 2. The summed E-state index contributed by atoms with van der Waals surface area (Å²) in [5.74, 6) is 0.521. The molecule has 1 aliphatic heterocycles. The van der Waals surface area contributed by atoms with Crippen LogP contribution in [-0.2, 0) is 18.3 Å². The maximum Gasteiger partial charge on any atom is 0.417 e. The summed E-state index contributed by atoms with van der Waals surface area (Å²) in [5, 5.41) is 21.0. The van der Waals surface area contributed by atoms with E-state index in [2.05, 4.69) is 11.1 Å². The molecule has 1 unspecified atom stereocenters. The van der Waals surface area contributed by atoms with Crippen molar-refractivity contribution in [3.05, 3.63) is 70.9 Å². The zero-order valence-electron chi connectivity index (χ0n) is 17.8. The van der Waals surface area contributed by atoms with Crippen LogP contribution in [0.2, 0.25) is 0 Å². The zero-order chi connectivity index (χ0) is 23.1. The van der Waals surface area contributed by atoms with Crippen LogP contribution in [0.5, 0.6) is 5.75 Å². The highest BCUT2D eigenvalue weighted by Gasteiger charge is 2.56. The topological polar surface area (TPSA) is 66.1 Å². The molecule has 0 radical (unpaired) electrons. The monoisotopic (exact) mass is 440 g/mol. The number of aromatic nitrogens is 1. The van der Waals surface area contributed by atoms with Gasteiger partial charge in [-0.15, -0.1) is 0 Å². The lowest BCUT2D eigenvalue weighted by atomic mass is 9.72. The SMILES string of the molecule is CC(C)(CC(O)(Cc1ccnc2ccccc12)C(F)(F)F)c1cc(C#N)cc2c1OCC2. The van der Waals surface area contributed by atoms with Gasteiger partial charge in [0.05, 0.1) is 23.8 Å². The molecular weight excluding hydrogens is 417 g/mol. The van der Waals surface area contributed by atoms with E-state index in [1.54, 1.807) is 50.2 Å². The third kappa shape index (κ3) is 3.91. The lowest BCUT2D eigenvalue weighted by Crippen LogP contribution is -2.50. The molecule has 0 spiro atoms. The first-order chi connectivity index (χ1) is 15.0. The number of nitriles is 1. The summed E-state index contributed by atoms with van der Waals surface area (Å²) in [5.41, 5.74) is -1.48. The van der Waals surface area contributed by atoms with Crippen molar-refractivity contribution in [2.75, 3.05) is 6.61 Å². The first-order valence-corrected chi connectivity index (χ1v) is 10.4. The van der Waals surface area contributed by atoms with Crippen LogP contribution in [0, 0.1) is 11.3 Å². The highest BCUT2D eigenvalue weighted by atomic mass is 19.4. The Labute approximate surface area is 184 Å². The van der Waals surface area contributed by atoms with Gasteiger partial charge in [-0.3, -0.25) is 4.98 Å². The third-order valence-electron chi connectivity index (χ3n) is 6.13. The molecule has 0 saturated carbocycles. The number of hydrogen-bond donors (Lipinski definition) is 1. The highest BCUT2D eigenvalue weighted by molar-refractivity contribution is 5.82. The Kier molecular flexibility index (Phi) is 5.38. The summed E-state index contributed by atoms with van der Waals surface area (Å²) in [6, 6.07) is 13.8. The average molecular weight is 440 g/mol. The summed E-state index contributed by atoms with van der Waals surface area (Å²) in [6.07, 6.45) is -4.02. The van der Waals surface area contributed by atoms with Crippen molar-refractivity contribution >= 4 is 10.9 Å². The van der Waals surface area contributed by atoms with Crippen molar-refractivity contribution in [3.8, 4) is 11.8 Å². The number of halogens is 3. The van der Waals surface area contributed by atoms with E-state index in [1.165, 1.54) is 12.3 Å². The van der Waals surface area contributed by atoms with Gasteiger partial charge < -0.3 is 9.84 Å². The Hall–Kier alpha value is -3.11. The van der Waals surface area contributed by atoms with Gasteiger partial charge >= 0.3 is 6.18 Å². The molecule has 0 fully saturated rings. The largest absolute Gasteiger partial charge is 0.493 e. The molecule has 32 heavy (non-hydrogen) atoms. The number of ether oxygens (including phenoxy) is 1. The number of alkyl halides is 3. The number of aliphatic hydroxyl groups is 1. The van der Waals surface area contributed by atoms with Gasteiger partial charge in [-0.1, -0.05) is 32.0 Å². The Bertz CT molecular complexity index is 1210. The molecule has 0 amide bonds. The molecule has 1 aliphatic rings. The van der Waals surface area contributed by atoms with E-state index < -0.39 is 30.0 Å². The number of rotatable bonds is 5. The summed E-state index contributed by atoms with van der Waals surface area (Å²) in [6.45, 7) is 3.71. The van der Waals surface area contributed by atoms with E-state index in [-0.39, 0.29) is 0 Å². The van der Waals surface area contributed by atoms with Gasteiger partial charge in [-0.25, -0.2) is 0 Å². The molecule has 0 bridgehead atoms. The lowest BCUT2D eigenvalue weighted by Gasteiger charge is -2.38. The predicted octanol–water partition coefficient (Wildman–Crippen LogP) is 5.25. The van der Waals surface area contributed by atoms with Crippen molar-refractivity contribution in [2.45, 2.75) is 50.3 Å². The van der Waals surface area contributed by atoms with Crippen molar-refractivity contribution in [1.82, 2.24) is 4.98 Å². The Morgan fingerprint density at radius 3 is 2.62 bits per heavy atom. The van der Waals surface area contributed by atoms with Crippen molar-refractivity contribution < 1.29 is 23.0 Å². The van der Waals surface area contributed by atoms with Gasteiger partial charge in [0.25, 0.3) is 0 Å². The Balaban J connectivity index is 1.77. The second kappa shape index (κ2) is 7.79. The van der Waals surface area contributed by atoms with Crippen LogP contribution in [0.4, 0.5) is 13.2 Å². The van der Waals surface area contributed by atoms with Crippen LogP contribution in [0.15, 0.2) is 48.7 Å². The molecule has 4 rings (SSSR count). The molecule has 166 valence electrons. The number of para-hydroxylation sites is 1. The van der Waals surface area contributed by atoms with Crippen molar-refractivity contribution in [3.63, 3.8) is 0 Å². The number of pyridine rings is 1. The summed E-state index contributed by atoms with van der Waals surface area (Å²) < 4.78 is 48.6. The minimum atomic E-state index is -4.87. The number of benzene rings is 2. The van der Waals surface area contributed by atoms with Gasteiger partial charge in [0.1, 0.15) is 5.75 Å². The molecule has 7 heteroatoms. The Morgan fingerprint density at radius 1 is 1.16 bits per heavy atom. The maximum absolute atomic E-state index is 14.3. The molecule has 1 N–H and O–H groups in total. The van der Waals surface area contributed by atoms with Gasteiger partial charge in [0, 0.05) is 30.0 Å². The van der Waals surface area contributed by atoms with Crippen molar-refractivity contribution in [2.24, 2.45) is 0 Å². The average Bonchev–Trinajstić information content (AvgIpc) is 3.20. The molecule has 3 aromatic rings. The van der Waals surface area contributed by atoms with E-state index in [0.29, 0.717) is 46.4 Å². The predicted molar refractivity (Wildman–Crippen MR) is 114 cm³/mol. The van der Waals surface area contributed by atoms with Crippen LogP contribution in [0.1, 0.15) is 42.5 Å². The van der Waals surface area contributed by atoms with E-state index in [1.807, 2.05) is 0 Å². The fraction of sp³-hybridized carbons (Fsp3) is 0.360. The minimum absolute atomic E-state index is 0.369. The molecule has 2 heterocycles. The fourth-order valence-electron chi connectivity index (χ4n) is 4.59. The van der Waals surface area contributed by atoms with E-state index in [9.17, 15) is 23.5 Å². The first-order valence-electron chi connectivity index (χ1n) is 10.4. The van der Waals surface area contributed by atoms with E-state index >= 15 is 0 Å². The standard InChI is InChI=1S/C25H23F3N2O2/c1-23(2,20-12-16(14-29)11-17-8-10-32-22(17)20)15-24(31,25(26,27)28)13-18-7-9-30-21-6-4-3-5-19(18)21/h3-7,9,11-12,31H,8,10,13,15H2,1-2H3. The van der Waals surface area contributed by atoms with Crippen LogP contribution in [-0.4, -0.2) is 28.5 Å². The molecule has 1 atom stereocenters. The van der Waals surface area contributed by atoms with Crippen LogP contribution in [0.3, 0.4) is 0 Å². The quantitative estimate of drug-likeness (QED) is 0.589. The minimum Gasteiger partial charge on any atom is -0.493 e. The molecule has 1 aromatic heterocycles. The maximum atomic E-state index is 14.3. The summed E-state index contributed by atoms with van der Waals surface area (Å²) in [4.78, 5) is 4.20. The molecular formula is C25H23F3N2O2.